The maximum absolute atomic E-state index is 8.70. The molecule has 0 amide bonds. The standard InChI is InChI=1S/C5H13NO/c1-5(6)3-2-4-7/h5,7H,2-4,6H2,1H3/i2D2,4D2. The van der Waals surface area contributed by atoms with Crippen LogP contribution >= 0.6 is 0 Å². The van der Waals surface area contributed by atoms with E-state index in [4.69, 9.17) is 16.3 Å². The van der Waals surface area contributed by atoms with Gasteiger partial charge in [0, 0.05) is 15.3 Å². The van der Waals surface area contributed by atoms with Crippen molar-refractivity contribution in [1.82, 2.24) is 0 Å². The molecule has 2 nitrogen and oxygen atoms in total. The van der Waals surface area contributed by atoms with Crippen LogP contribution < -0.4 is 5.73 Å². The van der Waals surface area contributed by atoms with Crippen molar-refractivity contribution < 1.29 is 10.6 Å². The predicted molar refractivity (Wildman–Crippen MR) is 30.0 cm³/mol. The molecule has 0 spiro atoms. The third kappa shape index (κ3) is 5.92. The first-order valence-electron chi connectivity index (χ1n) is 4.15. The molecule has 0 heterocycles. The first-order chi connectivity index (χ1) is 4.67. The number of hydrogen-bond acceptors (Lipinski definition) is 2. The second-order valence-electron chi connectivity index (χ2n) is 1.47. The molecule has 1 atom stereocenters. The van der Waals surface area contributed by atoms with Gasteiger partial charge < -0.3 is 10.8 Å². The summed E-state index contributed by atoms with van der Waals surface area (Å²) in [6, 6.07) is -0.466. The molecule has 0 saturated heterocycles. The lowest BCUT2D eigenvalue weighted by Gasteiger charge is -1.99. The smallest absolute Gasteiger partial charge is 0.0564 e. The zero-order valence-electron chi connectivity index (χ0n) is 8.31. The summed E-state index contributed by atoms with van der Waals surface area (Å²) in [5, 5.41) is 8.70. The van der Waals surface area contributed by atoms with Crippen molar-refractivity contribution in [2.45, 2.75) is 25.8 Å². The van der Waals surface area contributed by atoms with Gasteiger partial charge in [-0.1, -0.05) is 0 Å². The van der Waals surface area contributed by atoms with E-state index in [1.54, 1.807) is 6.92 Å². The first-order valence-corrected chi connectivity index (χ1v) is 2.15. The van der Waals surface area contributed by atoms with E-state index >= 15 is 0 Å². The van der Waals surface area contributed by atoms with Gasteiger partial charge in [-0.15, -0.1) is 0 Å². The Labute approximate surface area is 50.0 Å². The van der Waals surface area contributed by atoms with E-state index in [-0.39, 0.29) is 6.42 Å². The average Bonchev–Trinajstić information content (AvgIpc) is 1.56. The van der Waals surface area contributed by atoms with E-state index in [2.05, 4.69) is 0 Å². The summed E-state index contributed by atoms with van der Waals surface area (Å²) in [7, 11) is 0. The van der Waals surface area contributed by atoms with Gasteiger partial charge in [0.15, 0.2) is 0 Å². The Balaban J connectivity index is 4.22. The van der Waals surface area contributed by atoms with E-state index in [9.17, 15) is 0 Å². The van der Waals surface area contributed by atoms with Gasteiger partial charge in [0.05, 0.1) is 2.74 Å². The van der Waals surface area contributed by atoms with Gasteiger partial charge in [-0.3, -0.25) is 0 Å². The average molecular weight is 107 g/mol. The van der Waals surface area contributed by atoms with Crippen LogP contribution in [0.1, 0.15) is 25.2 Å². The summed E-state index contributed by atoms with van der Waals surface area (Å²) in [6.45, 7) is -1.26. The quantitative estimate of drug-likeness (QED) is 0.537. The van der Waals surface area contributed by atoms with Crippen LogP contribution in [0.15, 0.2) is 0 Å². The summed E-state index contributed by atoms with van der Waals surface area (Å²) >= 11 is 0. The molecular formula is C5H13NO. The molecule has 0 aliphatic heterocycles. The van der Waals surface area contributed by atoms with Gasteiger partial charge in [0.2, 0.25) is 0 Å². The van der Waals surface area contributed by atoms with Gasteiger partial charge >= 0.3 is 0 Å². The maximum Gasteiger partial charge on any atom is 0.0564 e. The Morgan fingerprint density at radius 3 is 2.71 bits per heavy atom. The number of nitrogens with two attached hydrogens (primary N) is 1. The largest absolute Gasteiger partial charge is 0.396 e. The second kappa shape index (κ2) is 4.09. The van der Waals surface area contributed by atoms with Crippen molar-refractivity contribution in [2.24, 2.45) is 5.73 Å². The van der Waals surface area contributed by atoms with Gasteiger partial charge in [0.25, 0.3) is 0 Å². The summed E-state index contributed by atoms with van der Waals surface area (Å²) in [6.07, 6.45) is -2.47. The molecule has 44 valence electrons. The van der Waals surface area contributed by atoms with Crippen molar-refractivity contribution in [3.05, 3.63) is 0 Å². The topological polar surface area (TPSA) is 46.2 Å². The van der Waals surface area contributed by atoms with E-state index in [0.29, 0.717) is 0 Å². The summed E-state index contributed by atoms with van der Waals surface area (Å²) in [5.74, 6) is 0. The number of rotatable bonds is 3. The monoisotopic (exact) mass is 107 g/mol. The van der Waals surface area contributed by atoms with Crippen LogP contribution in [-0.2, 0) is 0 Å². The lowest BCUT2D eigenvalue weighted by Crippen LogP contribution is -2.14. The van der Waals surface area contributed by atoms with Crippen molar-refractivity contribution >= 4 is 0 Å². The summed E-state index contributed by atoms with van der Waals surface area (Å²) in [4.78, 5) is 0. The second-order valence-corrected chi connectivity index (χ2v) is 1.47. The molecule has 0 aromatic carbocycles. The van der Waals surface area contributed by atoms with Crippen LogP contribution in [-0.4, -0.2) is 17.7 Å². The van der Waals surface area contributed by atoms with Crippen LogP contribution in [0.2, 0.25) is 0 Å². The van der Waals surface area contributed by atoms with Gasteiger partial charge in [0.1, 0.15) is 0 Å². The molecule has 2 heteroatoms. The lowest BCUT2D eigenvalue weighted by atomic mass is 10.2. The fraction of sp³-hybridized carbons (Fsp3) is 1.00. The fourth-order valence-corrected chi connectivity index (χ4v) is 0.207. The highest BCUT2D eigenvalue weighted by molar-refractivity contribution is 4.50. The van der Waals surface area contributed by atoms with E-state index in [1.807, 2.05) is 0 Å². The predicted octanol–water partition coefficient (Wildman–Crippen LogP) is 0.106. The highest BCUT2D eigenvalue weighted by Gasteiger charge is 1.89. The maximum atomic E-state index is 8.70. The minimum Gasteiger partial charge on any atom is -0.396 e. The highest BCUT2D eigenvalue weighted by Crippen LogP contribution is 1.89. The van der Waals surface area contributed by atoms with Gasteiger partial charge in [-0.25, -0.2) is 0 Å². The zero-order chi connectivity index (χ0) is 9.28. The van der Waals surface area contributed by atoms with Crippen molar-refractivity contribution in [2.75, 3.05) is 6.56 Å². The van der Waals surface area contributed by atoms with Gasteiger partial charge in [-0.05, 0) is 19.7 Å². The third-order valence-corrected chi connectivity index (χ3v) is 0.503. The van der Waals surface area contributed by atoms with Crippen LogP contribution in [0.5, 0.6) is 0 Å². The van der Waals surface area contributed by atoms with Crippen LogP contribution in [0.25, 0.3) is 0 Å². The Hall–Kier alpha value is -0.0800. The lowest BCUT2D eigenvalue weighted by molar-refractivity contribution is 0.281. The Morgan fingerprint density at radius 1 is 2.00 bits per heavy atom. The molecule has 0 radical (unpaired) electrons. The molecule has 1 unspecified atom stereocenters. The fourth-order valence-electron chi connectivity index (χ4n) is 0.207. The van der Waals surface area contributed by atoms with Crippen LogP contribution in [0.4, 0.5) is 0 Å². The van der Waals surface area contributed by atoms with Gasteiger partial charge in [-0.2, -0.15) is 0 Å². The third-order valence-electron chi connectivity index (χ3n) is 0.503. The molecule has 0 aliphatic rings. The van der Waals surface area contributed by atoms with Crippen molar-refractivity contribution in [3.63, 3.8) is 0 Å². The van der Waals surface area contributed by atoms with E-state index in [1.165, 1.54) is 0 Å². The summed E-state index contributed by atoms with van der Waals surface area (Å²) in [5.41, 5.74) is 5.26. The normalized spacial score (nSPS) is 26.7. The summed E-state index contributed by atoms with van der Waals surface area (Å²) < 4.78 is 27.6. The Morgan fingerprint density at radius 2 is 2.57 bits per heavy atom. The Kier molecular flexibility index (Phi) is 1.44. The van der Waals surface area contributed by atoms with E-state index < -0.39 is 19.0 Å². The molecule has 7 heavy (non-hydrogen) atoms. The molecule has 0 saturated carbocycles. The first kappa shape index (κ1) is 2.46. The number of aliphatic hydroxyl groups is 1. The highest BCUT2D eigenvalue weighted by atomic mass is 16.2. The molecule has 0 aromatic heterocycles. The van der Waals surface area contributed by atoms with Crippen molar-refractivity contribution in [1.29, 1.82) is 0 Å². The minimum absolute atomic E-state index is 0.198. The molecular weight excluding hydrogens is 90.1 g/mol. The zero-order valence-corrected chi connectivity index (χ0v) is 4.31. The van der Waals surface area contributed by atoms with Crippen LogP contribution in [0, 0.1) is 0 Å². The molecule has 0 bridgehead atoms. The molecule has 0 rings (SSSR count). The SMILES string of the molecule is [2H]C([2H])(O)C([2H])([2H])CC(C)N. The molecule has 3 N–H and O–H groups in total. The Bertz CT molecular complexity index is 131. The molecule has 0 fully saturated rings. The molecule has 0 aromatic rings. The van der Waals surface area contributed by atoms with Crippen molar-refractivity contribution in [3.8, 4) is 0 Å². The van der Waals surface area contributed by atoms with Crippen LogP contribution in [0.3, 0.4) is 0 Å². The minimum atomic E-state index is -2.82. The van der Waals surface area contributed by atoms with E-state index in [0.717, 1.165) is 0 Å². The number of hydrogen-bond donors (Lipinski definition) is 2. The molecule has 0 aliphatic carbocycles.